The van der Waals surface area contributed by atoms with Gasteiger partial charge in [0.1, 0.15) is 5.82 Å². The zero-order valence-electron chi connectivity index (χ0n) is 19.0. The molecule has 166 valence electrons. The quantitative estimate of drug-likeness (QED) is 0.432. The molecule has 4 nitrogen and oxygen atoms in total. The van der Waals surface area contributed by atoms with Crippen LogP contribution in [-0.4, -0.2) is 18.7 Å². The summed E-state index contributed by atoms with van der Waals surface area (Å²) in [5.74, 6) is -0.591. The normalized spacial score (nSPS) is 13.2. The largest absolute Gasteiger partial charge is 0.277 e. The second kappa shape index (κ2) is 13.6. The molecular formula is C25H31FN2O2S. The van der Waals surface area contributed by atoms with Crippen LogP contribution in [0.25, 0.3) is 0 Å². The number of hydrogen-bond donors (Lipinski definition) is 1. The van der Waals surface area contributed by atoms with Gasteiger partial charge in [0, 0.05) is 26.6 Å². The highest BCUT2D eigenvalue weighted by Gasteiger charge is 2.16. The van der Waals surface area contributed by atoms with Gasteiger partial charge in [-0.3, -0.25) is 14.6 Å². The Bertz CT molecular complexity index is 937. The van der Waals surface area contributed by atoms with E-state index >= 15 is 0 Å². The number of allylic oxidation sites excluding steroid dienone is 2. The van der Waals surface area contributed by atoms with Gasteiger partial charge < -0.3 is 0 Å². The first-order valence-corrected chi connectivity index (χ1v) is 10.9. The van der Waals surface area contributed by atoms with Crippen molar-refractivity contribution >= 4 is 23.4 Å². The Morgan fingerprint density at radius 3 is 2.35 bits per heavy atom. The van der Waals surface area contributed by atoms with E-state index in [2.05, 4.69) is 36.0 Å². The maximum atomic E-state index is 13.1. The molecule has 3 rings (SSSR count). The number of carbonyl (C=O) groups is 1. The first-order valence-electron chi connectivity index (χ1n) is 10.1. The van der Waals surface area contributed by atoms with E-state index in [1.807, 2.05) is 32.9 Å². The lowest BCUT2D eigenvalue weighted by molar-refractivity contribution is -0.133. The first kappa shape index (κ1) is 26.3. The van der Waals surface area contributed by atoms with E-state index in [0.29, 0.717) is 0 Å². The van der Waals surface area contributed by atoms with Crippen LogP contribution in [0.3, 0.4) is 0 Å². The number of nitrogens with one attached hydrogen (secondary N) is 1. The van der Waals surface area contributed by atoms with Gasteiger partial charge in [-0.1, -0.05) is 56.8 Å². The number of aliphatic imine (C=N–C) groups is 1. The molecular weight excluding hydrogens is 411 g/mol. The van der Waals surface area contributed by atoms with Crippen molar-refractivity contribution in [1.82, 2.24) is 5.48 Å². The number of rotatable bonds is 4. The zero-order chi connectivity index (χ0) is 23.4. The summed E-state index contributed by atoms with van der Waals surface area (Å²) in [4.78, 5) is 22.2. The standard InChI is InChI=1S/C17H14FNS.C6H11NO2.C2H6/c1-11-12(2)20-16-6-4-3-5-15(16)17(19-11)13-7-9-14(18)10-8-13;1-4-5(2)6(8)7-9-3;1-2/h3-10H,1-2H3;4-5H,1H2,2-3H3,(H,7,8);1-2H3. The number of thioether (sulfide) groups is 1. The topological polar surface area (TPSA) is 50.7 Å². The maximum absolute atomic E-state index is 13.1. The Morgan fingerprint density at radius 2 is 1.77 bits per heavy atom. The number of carbonyl (C=O) groups excluding carboxylic acids is 1. The molecule has 1 amide bonds. The van der Waals surface area contributed by atoms with Crippen LogP contribution in [0.4, 0.5) is 4.39 Å². The van der Waals surface area contributed by atoms with Crippen molar-refractivity contribution in [1.29, 1.82) is 0 Å². The molecule has 2 aromatic rings. The minimum atomic E-state index is -0.228. The van der Waals surface area contributed by atoms with Gasteiger partial charge in [0.05, 0.1) is 18.7 Å². The van der Waals surface area contributed by atoms with E-state index in [0.717, 1.165) is 22.5 Å². The number of amides is 1. The third-order valence-corrected chi connectivity index (χ3v) is 5.46. The maximum Gasteiger partial charge on any atom is 0.250 e. The molecule has 0 aliphatic carbocycles. The van der Waals surface area contributed by atoms with Gasteiger partial charge in [-0.25, -0.2) is 9.87 Å². The Hall–Kier alpha value is -2.70. The third kappa shape index (κ3) is 7.81. The molecule has 0 spiro atoms. The Morgan fingerprint density at radius 1 is 1.16 bits per heavy atom. The number of benzene rings is 2. The number of hydroxylamine groups is 1. The van der Waals surface area contributed by atoms with Crippen LogP contribution in [0.2, 0.25) is 0 Å². The van der Waals surface area contributed by atoms with Crippen molar-refractivity contribution in [3.63, 3.8) is 0 Å². The smallest absolute Gasteiger partial charge is 0.250 e. The highest BCUT2D eigenvalue weighted by atomic mass is 32.2. The van der Waals surface area contributed by atoms with Crippen LogP contribution >= 0.6 is 11.8 Å². The van der Waals surface area contributed by atoms with Gasteiger partial charge in [-0.15, -0.1) is 6.58 Å². The zero-order valence-corrected chi connectivity index (χ0v) is 19.8. The van der Waals surface area contributed by atoms with Gasteiger partial charge in [0.2, 0.25) is 5.91 Å². The van der Waals surface area contributed by atoms with Gasteiger partial charge in [0.15, 0.2) is 0 Å². The Labute approximate surface area is 189 Å². The van der Waals surface area contributed by atoms with E-state index in [-0.39, 0.29) is 17.6 Å². The lowest BCUT2D eigenvalue weighted by atomic mass is 10.0. The number of nitrogens with zero attached hydrogens (tertiary/aromatic N) is 1. The summed E-state index contributed by atoms with van der Waals surface area (Å²) in [6, 6.07) is 14.7. The Balaban J connectivity index is 0.000000372. The van der Waals surface area contributed by atoms with Crippen LogP contribution in [0, 0.1) is 11.7 Å². The van der Waals surface area contributed by atoms with E-state index in [1.54, 1.807) is 36.9 Å². The van der Waals surface area contributed by atoms with Crippen molar-refractivity contribution in [3.8, 4) is 0 Å². The van der Waals surface area contributed by atoms with E-state index in [1.165, 1.54) is 29.0 Å². The molecule has 0 saturated heterocycles. The summed E-state index contributed by atoms with van der Waals surface area (Å²) in [6.45, 7) is 13.3. The summed E-state index contributed by atoms with van der Waals surface area (Å²) in [5, 5.41) is 0. The second-order valence-electron chi connectivity index (χ2n) is 6.40. The highest BCUT2D eigenvalue weighted by Crippen LogP contribution is 2.35. The molecule has 1 N–H and O–H groups in total. The van der Waals surface area contributed by atoms with Crippen molar-refractivity contribution < 1.29 is 14.0 Å². The molecule has 0 saturated carbocycles. The summed E-state index contributed by atoms with van der Waals surface area (Å²) in [6.07, 6.45) is 1.55. The highest BCUT2D eigenvalue weighted by molar-refractivity contribution is 8.03. The lowest BCUT2D eigenvalue weighted by Gasteiger charge is -2.09. The van der Waals surface area contributed by atoms with Crippen LogP contribution in [-0.2, 0) is 9.63 Å². The van der Waals surface area contributed by atoms with Crippen LogP contribution < -0.4 is 5.48 Å². The van der Waals surface area contributed by atoms with Crippen molar-refractivity contribution in [2.45, 2.75) is 39.5 Å². The van der Waals surface area contributed by atoms with E-state index in [4.69, 9.17) is 4.99 Å². The fraction of sp³-hybridized carbons (Fsp3) is 0.280. The number of fused-ring (bicyclic) bond motifs is 1. The van der Waals surface area contributed by atoms with E-state index in [9.17, 15) is 9.18 Å². The van der Waals surface area contributed by atoms with Crippen molar-refractivity contribution in [2.24, 2.45) is 10.9 Å². The summed E-state index contributed by atoms with van der Waals surface area (Å²) < 4.78 is 13.1. The third-order valence-electron chi connectivity index (χ3n) is 4.28. The summed E-state index contributed by atoms with van der Waals surface area (Å²) >= 11 is 1.73. The molecule has 0 aromatic heterocycles. The van der Waals surface area contributed by atoms with E-state index < -0.39 is 0 Å². The average molecular weight is 443 g/mol. The molecule has 31 heavy (non-hydrogen) atoms. The molecule has 1 atom stereocenters. The van der Waals surface area contributed by atoms with Crippen molar-refractivity contribution in [2.75, 3.05) is 7.11 Å². The molecule has 6 heteroatoms. The monoisotopic (exact) mass is 442 g/mol. The minimum absolute atomic E-state index is 0.174. The molecule has 1 unspecified atom stereocenters. The number of hydrogen-bond acceptors (Lipinski definition) is 4. The second-order valence-corrected chi connectivity index (χ2v) is 7.66. The average Bonchev–Trinajstić information content (AvgIpc) is 2.92. The molecule has 0 bridgehead atoms. The predicted molar refractivity (Wildman–Crippen MR) is 129 cm³/mol. The van der Waals surface area contributed by atoms with Crippen LogP contribution in [0.1, 0.15) is 45.7 Å². The fourth-order valence-corrected chi connectivity index (χ4v) is 3.37. The molecule has 1 aliphatic heterocycles. The first-order chi connectivity index (χ1) is 14.9. The molecule has 1 aliphatic rings. The molecule has 0 fully saturated rings. The van der Waals surface area contributed by atoms with Gasteiger partial charge in [-0.2, -0.15) is 0 Å². The molecule has 0 radical (unpaired) electrons. The van der Waals surface area contributed by atoms with Crippen molar-refractivity contribution in [3.05, 3.63) is 88.7 Å². The SMILES string of the molecule is C=CC(C)C(=O)NOC.CC.CC1=C(C)Sc2ccccc2C(c2ccc(F)cc2)=N1. The Kier molecular flexibility index (Phi) is 11.5. The minimum Gasteiger partial charge on any atom is -0.277 e. The lowest BCUT2D eigenvalue weighted by Crippen LogP contribution is -2.26. The predicted octanol–water partition coefficient (Wildman–Crippen LogP) is 6.53. The fourth-order valence-electron chi connectivity index (χ4n) is 2.43. The van der Waals surface area contributed by atoms with Gasteiger partial charge in [0.25, 0.3) is 0 Å². The number of halogens is 1. The van der Waals surface area contributed by atoms with Crippen LogP contribution in [0.15, 0.2) is 81.7 Å². The van der Waals surface area contributed by atoms with Gasteiger partial charge in [-0.05, 0) is 44.2 Å². The molecule has 1 heterocycles. The summed E-state index contributed by atoms with van der Waals surface area (Å²) in [5.41, 5.74) is 6.13. The summed E-state index contributed by atoms with van der Waals surface area (Å²) in [7, 11) is 1.40. The van der Waals surface area contributed by atoms with Crippen LogP contribution in [0.5, 0.6) is 0 Å². The van der Waals surface area contributed by atoms with Gasteiger partial charge >= 0.3 is 0 Å². The molecule has 2 aromatic carbocycles.